The van der Waals surface area contributed by atoms with Gasteiger partial charge in [0.2, 0.25) is 0 Å². The number of hydrogen-bond donors (Lipinski definition) is 2. The summed E-state index contributed by atoms with van der Waals surface area (Å²) in [6.07, 6.45) is 1.42. The van der Waals surface area contributed by atoms with Crippen molar-refractivity contribution < 1.29 is 18.7 Å². The van der Waals surface area contributed by atoms with Crippen LogP contribution in [0.1, 0.15) is 26.9 Å². The van der Waals surface area contributed by atoms with Gasteiger partial charge in [0.05, 0.1) is 26.9 Å². The van der Waals surface area contributed by atoms with Gasteiger partial charge in [-0.15, -0.1) is 11.3 Å². The molecule has 1 aromatic carbocycles. The van der Waals surface area contributed by atoms with Crippen LogP contribution in [0.5, 0.6) is 0 Å². The zero-order valence-corrected chi connectivity index (χ0v) is 15.3. The molecule has 3 aromatic rings. The fourth-order valence-electron chi connectivity index (χ4n) is 2.65. The fourth-order valence-corrected chi connectivity index (χ4v) is 3.67. The van der Waals surface area contributed by atoms with E-state index in [1.165, 1.54) is 24.5 Å². The average molecular weight is 407 g/mol. The van der Waals surface area contributed by atoms with Gasteiger partial charge in [0.1, 0.15) is 11.6 Å². The molecule has 4 nitrogen and oxygen atoms in total. The van der Waals surface area contributed by atoms with Crippen molar-refractivity contribution in [2.75, 3.05) is 0 Å². The molecule has 0 radical (unpaired) electrons. The van der Waals surface area contributed by atoms with Crippen LogP contribution < -0.4 is 0 Å². The van der Waals surface area contributed by atoms with Gasteiger partial charge in [-0.1, -0.05) is 17.7 Å². The summed E-state index contributed by atoms with van der Waals surface area (Å²) in [4.78, 5) is 17.1. The van der Waals surface area contributed by atoms with E-state index in [0.29, 0.717) is 16.0 Å². The maximum atomic E-state index is 14.2. The summed E-state index contributed by atoms with van der Waals surface area (Å²) in [6.45, 7) is 0. The first-order chi connectivity index (χ1) is 12.9. The Morgan fingerprint density at radius 2 is 2.00 bits per heavy atom. The molecule has 0 saturated carbocycles. The molecule has 8 heteroatoms. The van der Waals surface area contributed by atoms with E-state index >= 15 is 0 Å². The van der Waals surface area contributed by atoms with Crippen LogP contribution in [0.4, 0.5) is 8.78 Å². The molecular formula is C19H13ClF2N2O2S. The van der Waals surface area contributed by atoms with E-state index in [4.69, 9.17) is 17.0 Å². The second-order valence-corrected chi connectivity index (χ2v) is 7.43. The monoisotopic (exact) mass is 406 g/mol. The van der Waals surface area contributed by atoms with Gasteiger partial charge in [0.25, 0.3) is 0 Å². The Bertz CT molecular complexity index is 994. The van der Waals surface area contributed by atoms with Crippen LogP contribution in [0.15, 0.2) is 54.9 Å². The minimum atomic E-state index is -1.44. The Morgan fingerprint density at radius 1 is 1.22 bits per heavy atom. The Hall–Kier alpha value is -2.48. The van der Waals surface area contributed by atoms with Gasteiger partial charge in [-0.3, -0.25) is 9.78 Å². The van der Waals surface area contributed by atoms with Crippen molar-refractivity contribution >= 4 is 34.4 Å². The maximum absolute atomic E-state index is 14.2. The molecule has 0 aliphatic rings. The van der Waals surface area contributed by atoms with Gasteiger partial charge in [-0.25, -0.2) is 8.78 Å². The number of Topliss-reactive ketones (excluding diaryl/α,β-unsaturated/α-hetero) is 1. The number of aliphatic hydroxyl groups excluding tert-OH is 1. The molecule has 2 unspecified atom stereocenters. The summed E-state index contributed by atoms with van der Waals surface area (Å²) in [5.41, 5.74) is -0.426. The summed E-state index contributed by atoms with van der Waals surface area (Å²) in [7, 11) is 0. The topological polar surface area (TPSA) is 74.0 Å². The van der Waals surface area contributed by atoms with Crippen LogP contribution in [0.2, 0.25) is 4.34 Å². The number of ketones is 1. The zero-order valence-electron chi connectivity index (χ0n) is 13.7. The smallest absolute Gasteiger partial charge is 0.184 e. The molecule has 0 spiro atoms. The summed E-state index contributed by atoms with van der Waals surface area (Å²) in [5, 5.41) is 19.1. The lowest BCUT2D eigenvalue weighted by Gasteiger charge is -2.23. The molecule has 27 heavy (non-hydrogen) atoms. The van der Waals surface area contributed by atoms with Crippen LogP contribution in [0.3, 0.4) is 0 Å². The molecule has 138 valence electrons. The molecule has 0 fully saturated rings. The Morgan fingerprint density at radius 3 is 2.59 bits per heavy atom. The van der Waals surface area contributed by atoms with Gasteiger partial charge in [-0.05, 0) is 35.9 Å². The second-order valence-electron chi connectivity index (χ2n) is 5.71. The summed E-state index contributed by atoms with van der Waals surface area (Å²) >= 11 is 6.88. The van der Waals surface area contributed by atoms with Crippen molar-refractivity contribution in [2.24, 2.45) is 5.92 Å². The van der Waals surface area contributed by atoms with Crippen LogP contribution >= 0.6 is 22.9 Å². The molecule has 0 aliphatic carbocycles. The number of nitrogens with one attached hydrogen (secondary N) is 1. The van der Waals surface area contributed by atoms with E-state index < -0.39 is 35.2 Å². The molecule has 2 N–H and O–H groups in total. The number of aliphatic hydroxyl groups is 1. The minimum absolute atomic E-state index is 0.222. The van der Waals surface area contributed by atoms with Crippen molar-refractivity contribution in [1.82, 2.24) is 4.98 Å². The zero-order chi connectivity index (χ0) is 19.6. The Kier molecular flexibility index (Phi) is 5.74. The standard InChI is InChI=1S/C19H13ClF2N2O2S/c20-15-6-5-14(27-15)19(26)16(18(25)10-2-1-7-24-9-10)17(23)12-4-3-11(21)8-13(12)22/h1-9,16,18,23,25H. The third-order valence-electron chi connectivity index (χ3n) is 3.97. The van der Waals surface area contributed by atoms with Gasteiger partial charge in [0, 0.05) is 24.0 Å². The second kappa shape index (κ2) is 8.04. The highest BCUT2D eigenvalue weighted by Gasteiger charge is 2.35. The molecule has 3 rings (SSSR count). The summed E-state index contributed by atoms with van der Waals surface area (Å²) in [5.74, 6) is -3.79. The minimum Gasteiger partial charge on any atom is -0.387 e. The normalized spacial score (nSPS) is 13.2. The van der Waals surface area contributed by atoms with Gasteiger partial charge < -0.3 is 10.5 Å². The predicted octanol–water partition coefficient (Wildman–Crippen LogP) is 4.68. The number of carbonyl (C=O) groups excluding carboxylic acids is 1. The molecule has 2 atom stereocenters. The van der Waals surface area contributed by atoms with Gasteiger partial charge in [-0.2, -0.15) is 0 Å². The first kappa shape index (κ1) is 19.3. The average Bonchev–Trinajstić information content (AvgIpc) is 3.08. The Labute approximate surface area is 162 Å². The van der Waals surface area contributed by atoms with E-state index in [2.05, 4.69) is 4.98 Å². The number of aromatic nitrogens is 1. The third-order valence-corrected chi connectivity index (χ3v) is 5.22. The molecule has 0 amide bonds. The number of halogens is 3. The maximum Gasteiger partial charge on any atom is 0.184 e. The highest BCUT2D eigenvalue weighted by Crippen LogP contribution is 2.32. The van der Waals surface area contributed by atoms with Gasteiger partial charge in [0.15, 0.2) is 5.78 Å². The highest BCUT2D eigenvalue weighted by molar-refractivity contribution is 7.18. The lowest BCUT2D eigenvalue weighted by Crippen LogP contribution is -2.31. The van der Waals surface area contributed by atoms with Crippen molar-refractivity contribution in [1.29, 1.82) is 5.41 Å². The molecule has 0 saturated heterocycles. The van der Waals surface area contributed by atoms with Crippen LogP contribution in [0.25, 0.3) is 0 Å². The molecule has 0 aliphatic heterocycles. The molecule has 2 heterocycles. The largest absolute Gasteiger partial charge is 0.387 e. The quantitative estimate of drug-likeness (QED) is 0.461. The Balaban J connectivity index is 2.06. The van der Waals surface area contributed by atoms with Crippen molar-refractivity contribution in [3.05, 3.63) is 86.8 Å². The van der Waals surface area contributed by atoms with Crippen LogP contribution in [-0.4, -0.2) is 21.6 Å². The van der Waals surface area contributed by atoms with E-state index in [9.17, 15) is 18.7 Å². The lowest BCUT2D eigenvalue weighted by molar-refractivity contribution is 0.0797. The molecular weight excluding hydrogens is 394 g/mol. The van der Waals surface area contributed by atoms with Crippen molar-refractivity contribution in [2.45, 2.75) is 6.10 Å². The van der Waals surface area contributed by atoms with Gasteiger partial charge >= 0.3 is 0 Å². The summed E-state index contributed by atoms with van der Waals surface area (Å²) in [6, 6.07) is 8.82. The molecule has 2 aromatic heterocycles. The number of nitrogens with zero attached hydrogens (tertiary/aromatic N) is 1. The number of benzene rings is 1. The highest BCUT2D eigenvalue weighted by atomic mass is 35.5. The fraction of sp³-hybridized carbons (Fsp3) is 0.105. The number of thiophene rings is 1. The van der Waals surface area contributed by atoms with E-state index in [1.54, 1.807) is 12.1 Å². The number of carbonyl (C=O) groups is 1. The van der Waals surface area contributed by atoms with Crippen LogP contribution in [0, 0.1) is 23.0 Å². The van der Waals surface area contributed by atoms with Crippen molar-refractivity contribution in [3.63, 3.8) is 0 Å². The number of hydrogen-bond acceptors (Lipinski definition) is 5. The van der Waals surface area contributed by atoms with E-state index in [1.807, 2.05) is 0 Å². The van der Waals surface area contributed by atoms with Crippen LogP contribution in [-0.2, 0) is 0 Å². The number of pyridine rings is 1. The molecule has 0 bridgehead atoms. The number of rotatable bonds is 6. The predicted molar refractivity (Wildman–Crippen MR) is 99.5 cm³/mol. The first-order valence-electron chi connectivity index (χ1n) is 7.80. The summed E-state index contributed by atoms with van der Waals surface area (Å²) < 4.78 is 27.8. The first-order valence-corrected chi connectivity index (χ1v) is 8.99. The van der Waals surface area contributed by atoms with Crippen molar-refractivity contribution in [3.8, 4) is 0 Å². The van der Waals surface area contributed by atoms with E-state index in [0.717, 1.165) is 23.5 Å². The lowest BCUT2D eigenvalue weighted by atomic mass is 9.84. The third kappa shape index (κ3) is 4.10. The SMILES string of the molecule is N=C(c1ccc(F)cc1F)C(C(=O)c1ccc(Cl)s1)C(O)c1cccnc1. The van der Waals surface area contributed by atoms with E-state index in [-0.39, 0.29) is 10.4 Å².